The minimum Gasteiger partial charge on any atom is -0.340 e. The first-order valence-electron chi connectivity index (χ1n) is 9.63. The average molecular weight is 414 g/mol. The lowest BCUT2D eigenvalue weighted by molar-refractivity contribution is -0.119. The molecule has 1 aliphatic rings. The van der Waals surface area contributed by atoms with Gasteiger partial charge in [-0.2, -0.15) is 0 Å². The molecule has 29 heavy (non-hydrogen) atoms. The number of hydrogen-bond acceptors (Lipinski definition) is 3. The summed E-state index contributed by atoms with van der Waals surface area (Å²) in [5, 5.41) is 5.95. The van der Waals surface area contributed by atoms with E-state index in [2.05, 4.69) is 10.6 Å². The first-order chi connectivity index (χ1) is 13.9. The van der Waals surface area contributed by atoms with E-state index in [1.54, 1.807) is 47.4 Å². The van der Waals surface area contributed by atoms with Gasteiger partial charge >= 0.3 is 0 Å². The molecule has 3 amide bonds. The van der Waals surface area contributed by atoms with Crippen LogP contribution < -0.4 is 15.5 Å². The molecule has 0 unspecified atom stereocenters. The third-order valence-electron chi connectivity index (χ3n) is 4.85. The molecule has 0 aliphatic carbocycles. The van der Waals surface area contributed by atoms with Crippen molar-refractivity contribution in [3.63, 3.8) is 0 Å². The Kier molecular flexibility index (Phi) is 6.54. The summed E-state index contributed by atoms with van der Waals surface area (Å²) < 4.78 is 0. The summed E-state index contributed by atoms with van der Waals surface area (Å²) in [4.78, 5) is 39.1. The number of carbonyl (C=O) groups excluding carboxylic acids is 3. The second kappa shape index (κ2) is 9.09. The number of amides is 3. The highest BCUT2D eigenvalue weighted by Crippen LogP contribution is 2.24. The van der Waals surface area contributed by atoms with Crippen LogP contribution in [0.5, 0.6) is 0 Å². The van der Waals surface area contributed by atoms with Gasteiger partial charge in [0.15, 0.2) is 0 Å². The van der Waals surface area contributed by atoms with Gasteiger partial charge < -0.3 is 15.5 Å². The molecular formula is C22H24ClN3O3. The Hall–Kier alpha value is -2.86. The standard InChI is InChI=1S/C22H24ClN3O3/c1-14(2)20(25-21(28)17-9-3-4-10-18(17)23)22(29)24-15-7-5-8-16(13-15)26-12-6-11-19(26)27/h3-5,7-10,13-14,20H,6,11-12H2,1-2H3,(H,24,29)(H,25,28)/t20-/m0/s1. The van der Waals surface area contributed by atoms with Crippen LogP contribution in [0.15, 0.2) is 48.5 Å². The first kappa shape index (κ1) is 20.9. The van der Waals surface area contributed by atoms with Gasteiger partial charge in [-0.05, 0) is 42.7 Å². The van der Waals surface area contributed by atoms with Crippen LogP contribution in [-0.2, 0) is 9.59 Å². The Morgan fingerprint density at radius 2 is 1.86 bits per heavy atom. The first-order valence-corrected chi connectivity index (χ1v) is 10.0. The Balaban J connectivity index is 1.72. The number of anilines is 2. The highest BCUT2D eigenvalue weighted by atomic mass is 35.5. The van der Waals surface area contributed by atoms with E-state index >= 15 is 0 Å². The number of rotatable bonds is 6. The lowest BCUT2D eigenvalue weighted by atomic mass is 10.0. The van der Waals surface area contributed by atoms with Crippen molar-refractivity contribution in [1.82, 2.24) is 5.32 Å². The molecule has 152 valence electrons. The predicted molar refractivity (Wildman–Crippen MR) is 114 cm³/mol. The summed E-state index contributed by atoms with van der Waals surface area (Å²) in [5.74, 6) is -0.781. The van der Waals surface area contributed by atoms with Gasteiger partial charge in [-0.3, -0.25) is 14.4 Å². The van der Waals surface area contributed by atoms with E-state index in [-0.39, 0.29) is 17.7 Å². The molecule has 0 saturated carbocycles. The fourth-order valence-electron chi connectivity index (χ4n) is 3.29. The molecule has 0 spiro atoms. The van der Waals surface area contributed by atoms with E-state index < -0.39 is 11.9 Å². The van der Waals surface area contributed by atoms with Crippen LogP contribution in [0.4, 0.5) is 11.4 Å². The van der Waals surface area contributed by atoms with Gasteiger partial charge in [-0.15, -0.1) is 0 Å². The van der Waals surface area contributed by atoms with Gasteiger partial charge in [0, 0.05) is 24.3 Å². The molecule has 1 aliphatic heterocycles. The normalized spacial score (nSPS) is 14.8. The van der Waals surface area contributed by atoms with Gasteiger partial charge in [-0.25, -0.2) is 0 Å². The van der Waals surface area contributed by atoms with Crippen molar-refractivity contribution in [3.8, 4) is 0 Å². The molecule has 1 fully saturated rings. The van der Waals surface area contributed by atoms with Crippen LogP contribution >= 0.6 is 11.6 Å². The van der Waals surface area contributed by atoms with Crippen molar-refractivity contribution in [2.45, 2.75) is 32.7 Å². The van der Waals surface area contributed by atoms with Crippen LogP contribution in [0.3, 0.4) is 0 Å². The summed E-state index contributed by atoms with van der Waals surface area (Å²) in [6.45, 7) is 4.39. The number of halogens is 1. The van der Waals surface area contributed by atoms with Gasteiger partial charge in [0.05, 0.1) is 10.6 Å². The van der Waals surface area contributed by atoms with Crippen LogP contribution in [0.25, 0.3) is 0 Å². The zero-order chi connectivity index (χ0) is 21.0. The number of nitrogens with zero attached hydrogens (tertiary/aromatic N) is 1. The van der Waals surface area contributed by atoms with E-state index in [0.717, 1.165) is 12.1 Å². The second-order valence-corrected chi connectivity index (χ2v) is 7.77. The van der Waals surface area contributed by atoms with Gasteiger partial charge in [0.1, 0.15) is 6.04 Å². The summed E-state index contributed by atoms with van der Waals surface area (Å²) in [6.07, 6.45) is 1.37. The van der Waals surface area contributed by atoms with E-state index in [0.29, 0.717) is 29.2 Å². The molecule has 3 rings (SSSR count). The van der Waals surface area contributed by atoms with Crippen molar-refractivity contribution in [2.24, 2.45) is 5.92 Å². The maximum Gasteiger partial charge on any atom is 0.253 e. The maximum atomic E-state index is 12.9. The highest BCUT2D eigenvalue weighted by molar-refractivity contribution is 6.33. The maximum absolute atomic E-state index is 12.9. The third-order valence-corrected chi connectivity index (χ3v) is 5.18. The van der Waals surface area contributed by atoms with Crippen LogP contribution in [0.1, 0.15) is 37.0 Å². The van der Waals surface area contributed by atoms with Crippen LogP contribution in [-0.4, -0.2) is 30.3 Å². The summed E-state index contributed by atoms with van der Waals surface area (Å²) in [5.41, 5.74) is 1.65. The summed E-state index contributed by atoms with van der Waals surface area (Å²) in [6, 6.07) is 13.1. The Morgan fingerprint density at radius 3 is 2.52 bits per heavy atom. The average Bonchev–Trinajstić information content (AvgIpc) is 3.12. The summed E-state index contributed by atoms with van der Waals surface area (Å²) >= 11 is 6.09. The van der Waals surface area contributed by atoms with Gasteiger partial charge in [-0.1, -0.05) is 43.6 Å². The quantitative estimate of drug-likeness (QED) is 0.754. The fourth-order valence-corrected chi connectivity index (χ4v) is 3.51. The molecule has 2 N–H and O–H groups in total. The van der Waals surface area contributed by atoms with Crippen molar-refractivity contribution in [3.05, 3.63) is 59.1 Å². The molecule has 0 radical (unpaired) electrons. The van der Waals surface area contributed by atoms with Gasteiger partial charge in [0.2, 0.25) is 11.8 Å². The van der Waals surface area contributed by atoms with Crippen molar-refractivity contribution in [2.75, 3.05) is 16.8 Å². The molecule has 0 aromatic heterocycles. The lowest BCUT2D eigenvalue weighted by Gasteiger charge is -2.22. The van der Waals surface area contributed by atoms with Crippen molar-refractivity contribution >= 4 is 40.7 Å². The van der Waals surface area contributed by atoms with E-state index in [4.69, 9.17) is 11.6 Å². The highest BCUT2D eigenvalue weighted by Gasteiger charge is 2.26. The zero-order valence-corrected chi connectivity index (χ0v) is 17.2. The van der Waals surface area contributed by atoms with E-state index in [1.165, 1.54) is 0 Å². The number of carbonyl (C=O) groups is 3. The number of nitrogens with one attached hydrogen (secondary N) is 2. The Bertz CT molecular complexity index is 929. The number of hydrogen-bond donors (Lipinski definition) is 2. The molecular weight excluding hydrogens is 390 g/mol. The monoisotopic (exact) mass is 413 g/mol. The fraction of sp³-hybridized carbons (Fsp3) is 0.318. The van der Waals surface area contributed by atoms with Crippen molar-refractivity contribution < 1.29 is 14.4 Å². The molecule has 2 aromatic carbocycles. The lowest BCUT2D eigenvalue weighted by Crippen LogP contribution is -2.47. The molecule has 0 bridgehead atoms. The summed E-state index contributed by atoms with van der Waals surface area (Å²) in [7, 11) is 0. The molecule has 1 atom stereocenters. The third kappa shape index (κ3) is 4.95. The number of benzene rings is 2. The minimum absolute atomic E-state index is 0.0838. The van der Waals surface area contributed by atoms with Gasteiger partial charge in [0.25, 0.3) is 5.91 Å². The minimum atomic E-state index is -0.740. The predicted octanol–water partition coefficient (Wildman–Crippen LogP) is 3.86. The van der Waals surface area contributed by atoms with Crippen molar-refractivity contribution in [1.29, 1.82) is 0 Å². The van der Waals surface area contributed by atoms with E-state index in [9.17, 15) is 14.4 Å². The topological polar surface area (TPSA) is 78.5 Å². The smallest absolute Gasteiger partial charge is 0.253 e. The molecule has 1 saturated heterocycles. The van der Waals surface area contributed by atoms with Crippen LogP contribution in [0.2, 0.25) is 5.02 Å². The van der Waals surface area contributed by atoms with E-state index in [1.807, 2.05) is 19.9 Å². The molecule has 2 aromatic rings. The van der Waals surface area contributed by atoms with Crippen LogP contribution in [0, 0.1) is 5.92 Å². The Morgan fingerprint density at radius 1 is 1.10 bits per heavy atom. The molecule has 7 heteroatoms. The largest absolute Gasteiger partial charge is 0.340 e. The zero-order valence-electron chi connectivity index (χ0n) is 16.4. The molecule has 6 nitrogen and oxygen atoms in total. The SMILES string of the molecule is CC(C)[C@H](NC(=O)c1ccccc1Cl)C(=O)Nc1cccc(N2CCCC2=O)c1. The Labute approximate surface area is 175 Å². The molecule has 1 heterocycles. The second-order valence-electron chi connectivity index (χ2n) is 7.36.